The summed E-state index contributed by atoms with van der Waals surface area (Å²) in [7, 11) is 2.09. The van der Waals surface area contributed by atoms with E-state index in [1.807, 2.05) is 0 Å². The van der Waals surface area contributed by atoms with E-state index in [1.54, 1.807) is 0 Å². The first-order valence-electron chi connectivity index (χ1n) is 7.43. The molecule has 1 aliphatic heterocycles. The molecule has 1 atom stereocenters. The van der Waals surface area contributed by atoms with Crippen LogP contribution in [0.3, 0.4) is 0 Å². The first kappa shape index (κ1) is 12.0. The van der Waals surface area contributed by atoms with Gasteiger partial charge in [0.2, 0.25) is 0 Å². The first-order valence-corrected chi connectivity index (χ1v) is 7.43. The third-order valence-electron chi connectivity index (χ3n) is 4.63. The van der Waals surface area contributed by atoms with Gasteiger partial charge in [-0.05, 0) is 44.4 Å². The van der Waals surface area contributed by atoms with Gasteiger partial charge in [-0.25, -0.2) is 0 Å². The van der Waals surface area contributed by atoms with Crippen LogP contribution in [0.1, 0.15) is 50.1 Å². The van der Waals surface area contributed by atoms with Gasteiger partial charge < -0.3 is 10.2 Å². The van der Waals surface area contributed by atoms with Crippen LogP contribution < -0.4 is 10.2 Å². The Hall–Kier alpha value is -1.02. The van der Waals surface area contributed by atoms with Crippen LogP contribution in [-0.4, -0.2) is 19.6 Å². The van der Waals surface area contributed by atoms with E-state index < -0.39 is 0 Å². The summed E-state index contributed by atoms with van der Waals surface area (Å²) in [5, 5.41) is 3.48. The molecule has 1 unspecified atom stereocenters. The molecule has 1 fully saturated rings. The lowest BCUT2D eigenvalue weighted by atomic mass is 10.0. The summed E-state index contributed by atoms with van der Waals surface area (Å²) < 4.78 is 0. The molecule has 1 N–H and O–H groups in total. The molecular weight excluding hydrogens is 220 g/mol. The van der Waals surface area contributed by atoms with Crippen molar-refractivity contribution in [3.8, 4) is 0 Å². The largest absolute Gasteiger partial charge is 0.368 e. The number of nitrogens with zero attached hydrogens (tertiary/aromatic N) is 1. The maximum absolute atomic E-state index is 3.48. The van der Waals surface area contributed by atoms with E-state index in [1.165, 1.54) is 56.3 Å². The van der Waals surface area contributed by atoms with Crippen LogP contribution in [0.2, 0.25) is 0 Å². The molecule has 1 heterocycles. The molecule has 1 aromatic carbocycles. The SMILES string of the molecule is CNC1CCCN(C2CCCC2)c2ccccc21. The second-order valence-electron chi connectivity index (χ2n) is 5.67. The van der Waals surface area contributed by atoms with Crippen LogP contribution in [0.25, 0.3) is 0 Å². The van der Waals surface area contributed by atoms with Crippen molar-refractivity contribution in [1.82, 2.24) is 5.32 Å². The minimum absolute atomic E-state index is 0.535. The Morgan fingerprint density at radius 3 is 2.61 bits per heavy atom. The molecule has 0 aromatic heterocycles. The van der Waals surface area contributed by atoms with Gasteiger partial charge in [-0.3, -0.25) is 0 Å². The number of hydrogen-bond acceptors (Lipinski definition) is 2. The molecule has 1 aliphatic carbocycles. The molecule has 98 valence electrons. The van der Waals surface area contributed by atoms with Gasteiger partial charge in [-0.15, -0.1) is 0 Å². The van der Waals surface area contributed by atoms with Crippen molar-refractivity contribution in [2.45, 2.75) is 50.6 Å². The monoisotopic (exact) mass is 244 g/mol. The Labute approximate surface area is 110 Å². The molecule has 0 spiro atoms. The lowest BCUT2D eigenvalue weighted by Crippen LogP contribution is -2.34. The van der Waals surface area contributed by atoms with Crippen molar-refractivity contribution in [2.75, 3.05) is 18.5 Å². The zero-order chi connectivity index (χ0) is 12.4. The standard InChI is InChI=1S/C16H24N2/c1-17-15-10-6-12-18(13-7-2-3-8-13)16-11-5-4-9-14(15)16/h4-5,9,11,13,15,17H,2-3,6-8,10,12H2,1H3. The molecule has 1 aromatic rings. The minimum atomic E-state index is 0.535. The van der Waals surface area contributed by atoms with Gasteiger partial charge in [0.15, 0.2) is 0 Å². The molecule has 0 radical (unpaired) electrons. The fourth-order valence-corrected chi connectivity index (χ4v) is 3.68. The smallest absolute Gasteiger partial charge is 0.0417 e. The molecule has 0 bridgehead atoms. The summed E-state index contributed by atoms with van der Waals surface area (Å²) >= 11 is 0. The zero-order valence-corrected chi connectivity index (χ0v) is 11.4. The third kappa shape index (κ3) is 2.14. The highest BCUT2D eigenvalue weighted by Crippen LogP contribution is 2.36. The Morgan fingerprint density at radius 1 is 1.06 bits per heavy atom. The zero-order valence-electron chi connectivity index (χ0n) is 11.4. The lowest BCUT2D eigenvalue weighted by Gasteiger charge is -2.31. The number of hydrogen-bond donors (Lipinski definition) is 1. The summed E-state index contributed by atoms with van der Waals surface area (Å²) in [6.07, 6.45) is 8.17. The number of fused-ring (bicyclic) bond motifs is 1. The summed E-state index contributed by atoms with van der Waals surface area (Å²) in [5.74, 6) is 0. The van der Waals surface area contributed by atoms with Crippen molar-refractivity contribution in [3.05, 3.63) is 29.8 Å². The second-order valence-corrected chi connectivity index (χ2v) is 5.67. The van der Waals surface area contributed by atoms with Crippen LogP contribution in [0.4, 0.5) is 5.69 Å². The van der Waals surface area contributed by atoms with Crippen LogP contribution in [-0.2, 0) is 0 Å². The van der Waals surface area contributed by atoms with Crippen molar-refractivity contribution in [1.29, 1.82) is 0 Å². The molecule has 3 rings (SSSR count). The highest BCUT2D eigenvalue weighted by Gasteiger charge is 2.28. The minimum Gasteiger partial charge on any atom is -0.368 e. The maximum Gasteiger partial charge on any atom is 0.0417 e. The normalized spacial score (nSPS) is 24.9. The lowest BCUT2D eigenvalue weighted by molar-refractivity contribution is 0.532. The van der Waals surface area contributed by atoms with E-state index in [0.717, 1.165) is 6.04 Å². The molecule has 2 nitrogen and oxygen atoms in total. The Bertz CT molecular complexity index is 396. The predicted molar refractivity (Wildman–Crippen MR) is 77.1 cm³/mol. The number of para-hydroxylation sites is 1. The maximum atomic E-state index is 3.48. The highest BCUT2D eigenvalue weighted by atomic mass is 15.2. The van der Waals surface area contributed by atoms with Gasteiger partial charge in [0.1, 0.15) is 0 Å². The van der Waals surface area contributed by atoms with Crippen LogP contribution >= 0.6 is 0 Å². The summed E-state index contributed by atoms with van der Waals surface area (Å²) in [5.41, 5.74) is 2.99. The van der Waals surface area contributed by atoms with E-state index in [0.29, 0.717) is 6.04 Å². The molecule has 2 heteroatoms. The Kier molecular flexibility index (Phi) is 3.55. The number of anilines is 1. The molecule has 1 saturated carbocycles. The third-order valence-corrected chi connectivity index (χ3v) is 4.63. The fourth-order valence-electron chi connectivity index (χ4n) is 3.68. The van der Waals surface area contributed by atoms with Gasteiger partial charge in [0.05, 0.1) is 0 Å². The van der Waals surface area contributed by atoms with Crippen molar-refractivity contribution >= 4 is 5.69 Å². The average Bonchev–Trinajstić information content (AvgIpc) is 2.87. The van der Waals surface area contributed by atoms with Crippen molar-refractivity contribution < 1.29 is 0 Å². The van der Waals surface area contributed by atoms with Crippen LogP contribution in [0, 0.1) is 0 Å². The Morgan fingerprint density at radius 2 is 1.83 bits per heavy atom. The van der Waals surface area contributed by atoms with Gasteiger partial charge in [0, 0.05) is 24.3 Å². The van der Waals surface area contributed by atoms with E-state index in [-0.39, 0.29) is 0 Å². The average molecular weight is 244 g/mol. The number of nitrogens with one attached hydrogen (secondary N) is 1. The van der Waals surface area contributed by atoms with E-state index >= 15 is 0 Å². The Balaban J connectivity index is 1.95. The quantitative estimate of drug-likeness (QED) is 0.856. The molecule has 0 amide bonds. The summed E-state index contributed by atoms with van der Waals surface area (Å²) in [4.78, 5) is 2.69. The summed E-state index contributed by atoms with van der Waals surface area (Å²) in [6, 6.07) is 10.3. The van der Waals surface area contributed by atoms with Gasteiger partial charge in [-0.2, -0.15) is 0 Å². The summed E-state index contributed by atoms with van der Waals surface area (Å²) in [6.45, 7) is 1.24. The molecular formula is C16H24N2. The van der Waals surface area contributed by atoms with E-state index in [2.05, 4.69) is 41.5 Å². The number of benzene rings is 1. The van der Waals surface area contributed by atoms with Crippen LogP contribution in [0.5, 0.6) is 0 Å². The van der Waals surface area contributed by atoms with E-state index in [9.17, 15) is 0 Å². The van der Waals surface area contributed by atoms with Crippen LogP contribution in [0.15, 0.2) is 24.3 Å². The predicted octanol–water partition coefficient (Wildman–Crippen LogP) is 3.49. The molecule has 0 saturated heterocycles. The fraction of sp³-hybridized carbons (Fsp3) is 0.625. The molecule has 18 heavy (non-hydrogen) atoms. The first-order chi connectivity index (χ1) is 8.90. The van der Waals surface area contributed by atoms with Gasteiger partial charge in [-0.1, -0.05) is 31.0 Å². The van der Waals surface area contributed by atoms with E-state index in [4.69, 9.17) is 0 Å². The van der Waals surface area contributed by atoms with Gasteiger partial charge >= 0.3 is 0 Å². The molecule has 2 aliphatic rings. The van der Waals surface area contributed by atoms with Gasteiger partial charge in [0.25, 0.3) is 0 Å². The van der Waals surface area contributed by atoms with Crippen molar-refractivity contribution in [3.63, 3.8) is 0 Å². The highest BCUT2D eigenvalue weighted by molar-refractivity contribution is 5.56. The van der Waals surface area contributed by atoms with Crippen molar-refractivity contribution in [2.24, 2.45) is 0 Å². The second kappa shape index (κ2) is 5.31. The topological polar surface area (TPSA) is 15.3 Å². The number of rotatable bonds is 2.